The molecule has 0 aromatic carbocycles. The van der Waals surface area contributed by atoms with Crippen molar-refractivity contribution in [2.75, 3.05) is 39.0 Å². The van der Waals surface area contributed by atoms with Crippen LogP contribution in [0, 0.1) is 11.8 Å². The van der Waals surface area contributed by atoms with Crippen molar-refractivity contribution in [2.24, 2.45) is 11.8 Å². The summed E-state index contributed by atoms with van der Waals surface area (Å²) in [7, 11) is 1.95. The summed E-state index contributed by atoms with van der Waals surface area (Å²) in [4.78, 5) is 16.5. The third-order valence-corrected chi connectivity index (χ3v) is 4.57. The number of hydrogen-bond donors (Lipinski definition) is 0. The highest BCUT2D eigenvalue weighted by molar-refractivity contribution is 8.00. The van der Waals surface area contributed by atoms with E-state index in [-0.39, 0.29) is 5.91 Å². The van der Waals surface area contributed by atoms with Gasteiger partial charge in [-0.25, -0.2) is 0 Å². The number of likely N-dealkylation sites (tertiary alicyclic amines) is 1. The van der Waals surface area contributed by atoms with Crippen LogP contribution in [0.2, 0.25) is 0 Å². The zero-order chi connectivity index (χ0) is 14.4. The lowest BCUT2D eigenvalue weighted by Crippen LogP contribution is -2.34. The van der Waals surface area contributed by atoms with Gasteiger partial charge in [-0.15, -0.1) is 11.8 Å². The average molecular weight is 286 g/mol. The monoisotopic (exact) mass is 286 g/mol. The maximum absolute atomic E-state index is 12.0. The number of nitrogens with zero attached hydrogens (tertiary/aromatic N) is 2. The highest BCUT2D eigenvalue weighted by Crippen LogP contribution is 2.19. The molecule has 0 N–H and O–H groups in total. The molecule has 19 heavy (non-hydrogen) atoms. The fraction of sp³-hybridized carbons (Fsp3) is 0.933. The van der Waals surface area contributed by atoms with E-state index < -0.39 is 0 Å². The van der Waals surface area contributed by atoms with Crippen molar-refractivity contribution in [3.05, 3.63) is 0 Å². The fourth-order valence-electron chi connectivity index (χ4n) is 2.58. The highest BCUT2D eigenvalue weighted by Gasteiger charge is 2.25. The molecule has 1 amide bonds. The van der Waals surface area contributed by atoms with Crippen LogP contribution in [0.15, 0.2) is 0 Å². The normalized spacial score (nSPS) is 20.5. The first-order valence-corrected chi connectivity index (χ1v) is 8.51. The summed E-state index contributed by atoms with van der Waals surface area (Å²) in [5.74, 6) is 2.30. The van der Waals surface area contributed by atoms with Crippen molar-refractivity contribution in [3.63, 3.8) is 0 Å². The molecule has 3 nitrogen and oxygen atoms in total. The zero-order valence-corrected chi connectivity index (χ0v) is 14.0. The van der Waals surface area contributed by atoms with E-state index in [4.69, 9.17) is 0 Å². The molecule has 1 rings (SSSR count). The quantitative estimate of drug-likeness (QED) is 0.718. The van der Waals surface area contributed by atoms with Gasteiger partial charge in [0.2, 0.25) is 5.91 Å². The summed E-state index contributed by atoms with van der Waals surface area (Å²) in [6, 6.07) is 0. The maximum Gasteiger partial charge on any atom is 0.232 e. The van der Waals surface area contributed by atoms with Crippen molar-refractivity contribution < 1.29 is 4.79 Å². The van der Waals surface area contributed by atoms with Gasteiger partial charge < -0.3 is 9.80 Å². The second kappa shape index (κ2) is 8.15. The molecule has 1 aliphatic heterocycles. The Labute approximate surface area is 123 Å². The van der Waals surface area contributed by atoms with E-state index in [1.54, 1.807) is 11.8 Å². The van der Waals surface area contributed by atoms with Crippen LogP contribution in [0.1, 0.15) is 34.1 Å². The minimum absolute atomic E-state index is 0.279. The fourth-order valence-corrected chi connectivity index (χ4v) is 3.28. The van der Waals surface area contributed by atoms with Gasteiger partial charge in [0.1, 0.15) is 0 Å². The van der Waals surface area contributed by atoms with Gasteiger partial charge in [-0.2, -0.15) is 0 Å². The van der Waals surface area contributed by atoms with E-state index in [2.05, 4.69) is 32.6 Å². The number of hydrogen-bond acceptors (Lipinski definition) is 3. The molecule has 0 aromatic heterocycles. The lowest BCUT2D eigenvalue weighted by Gasteiger charge is -2.22. The Kier molecular flexibility index (Phi) is 7.22. The molecule has 1 saturated heterocycles. The smallest absolute Gasteiger partial charge is 0.232 e. The Morgan fingerprint density at radius 3 is 2.63 bits per heavy atom. The molecule has 1 atom stereocenters. The largest absolute Gasteiger partial charge is 0.345 e. The molecule has 0 radical (unpaired) electrons. The lowest BCUT2D eigenvalue weighted by molar-refractivity contribution is -0.127. The topological polar surface area (TPSA) is 23.6 Å². The van der Waals surface area contributed by atoms with Crippen molar-refractivity contribution in [1.82, 2.24) is 9.80 Å². The Balaban J connectivity index is 2.25. The van der Waals surface area contributed by atoms with Gasteiger partial charge in [-0.05, 0) is 30.1 Å². The minimum Gasteiger partial charge on any atom is -0.345 e. The van der Waals surface area contributed by atoms with E-state index in [9.17, 15) is 4.79 Å². The van der Waals surface area contributed by atoms with Crippen molar-refractivity contribution >= 4 is 17.7 Å². The van der Waals surface area contributed by atoms with Gasteiger partial charge in [0.15, 0.2) is 0 Å². The van der Waals surface area contributed by atoms with Crippen LogP contribution < -0.4 is 0 Å². The average Bonchev–Trinajstić information content (AvgIpc) is 2.72. The van der Waals surface area contributed by atoms with Crippen molar-refractivity contribution in [3.8, 4) is 0 Å². The van der Waals surface area contributed by atoms with Gasteiger partial charge >= 0.3 is 0 Å². The molecule has 0 aromatic rings. The van der Waals surface area contributed by atoms with Crippen molar-refractivity contribution in [1.29, 1.82) is 0 Å². The number of carbonyl (C=O) groups is 1. The van der Waals surface area contributed by atoms with Crippen LogP contribution in [0.5, 0.6) is 0 Å². The van der Waals surface area contributed by atoms with Gasteiger partial charge in [-0.3, -0.25) is 4.79 Å². The molecule has 1 aliphatic rings. The summed E-state index contributed by atoms with van der Waals surface area (Å²) in [6.45, 7) is 13.3. The first-order chi connectivity index (χ1) is 8.88. The molecule has 1 fully saturated rings. The van der Waals surface area contributed by atoms with E-state index in [1.807, 2.05) is 11.9 Å². The molecule has 112 valence electrons. The van der Waals surface area contributed by atoms with Crippen molar-refractivity contribution in [2.45, 2.75) is 39.4 Å². The summed E-state index contributed by atoms with van der Waals surface area (Å²) in [5, 5.41) is 0.533. The molecule has 1 heterocycles. The van der Waals surface area contributed by atoms with Gasteiger partial charge in [0.05, 0.1) is 5.75 Å². The van der Waals surface area contributed by atoms with E-state index in [0.717, 1.165) is 19.0 Å². The standard InChI is InChI=1S/C15H30N2OS/c1-12(2)8-17-7-6-14(10-17)9-16(5)15(18)11-19-13(3)4/h12-14H,6-11H2,1-5H3/t14-/m1/s1. The first kappa shape index (κ1) is 16.8. The van der Waals surface area contributed by atoms with Gasteiger partial charge in [0, 0.05) is 26.7 Å². The van der Waals surface area contributed by atoms with E-state index in [0.29, 0.717) is 16.9 Å². The van der Waals surface area contributed by atoms with Gasteiger partial charge in [0.25, 0.3) is 0 Å². The second-order valence-corrected chi connectivity index (χ2v) is 8.01. The van der Waals surface area contributed by atoms with Crippen LogP contribution >= 0.6 is 11.8 Å². The molecule has 0 bridgehead atoms. The zero-order valence-electron chi connectivity index (χ0n) is 13.2. The minimum atomic E-state index is 0.279. The number of rotatable bonds is 7. The third kappa shape index (κ3) is 6.66. The SMILES string of the molecule is CC(C)CN1CC[C@H](CN(C)C(=O)CSC(C)C)C1. The van der Waals surface area contributed by atoms with E-state index >= 15 is 0 Å². The molecule has 4 heteroatoms. The molecule has 0 unspecified atom stereocenters. The maximum atomic E-state index is 12.0. The predicted octanol–water partition coefficient (Wildman–Crippen LogP) is 2.56. The van der Waals surface area contributed by atoms with Crippen LogP contribution in [0.4, 0.5) is 0 Å². The Bertz CT molecular complexity index is 281. The summed E-state index contributed by atoms with van der Waals surface area (Å²) in [5.41, 5.74) is 0. The van der Waals surface area contributed by atoms with Crippen LogP contribution in [0.25, 0.3) is 0 Å². The molecule has 0 spiro atoms. The molecular weight excluding hydrogens is 256 g/mol. The second-order valence-electron chi connectivity index (χ2n) is 6.44. The first-order valence-electron chi connectivity index (χ1n) is 7.46. The van der Waals surface area contributed by atoms with Crippen LogP contribution in [-0.2, 0) is 4.79 Å². The molecule has 0 aliphatic carbocycles. The Morgan fingerprint density at radius 1 is 1.37 bits per heavy atom. The third-order valence-electron chi connectivity index (χ3n) is 3.49. The van der Waals surface area contributed by atoms with Gasteiger partial charge in [-0.1, -0.05) is 27.7 Å². The lowest BCUT2D eigenvalue weighted by atomic mass is 10.1. The number of thioether (sulfide) groups is 1. The summed E-state index contributed by atoms with van der Waals surface area (Å²) < 4.78 is 0. The number of amides is 1. The highest BCUT2D eigenvalue weighted by atomic mass is 32.2. The predicted molar refractivity (Wildman–Crippen MR) is 84.6 cm³/mol. The molecule has 0 saturated carbocycles. The summed E-state index contributed by atoms with van der Waals surface area (Å²) in [6.07, 6.45) is 1.24. The van der Waals surface area contributed by atoms with E-state index in [1.165, 1.54) is 19.5 Å². The van der Waals surface area contributed by atoms with Crippen LogP contribution in [-0.4, -0.2) is 59.9 Å². The summed E-state index contributed by atoms with van der Waals surface area (Å²) >= 11 is 1.73. The Morgan fingerprint density at radius 2 is 2.05 bits per heavy atom. The molecular formula is C15H30N2OS. The number of carbonyl (C=O) groups excluding carboxylic acids is 1. The van der Waals surface area contributed by atoms with Crippen LogP contribution in [0.3, 0.4) is 0 Å². The Hall–Kier alpha value is -0.220.